The minimum Gasteiger partial charge on any atom is -0.273 e. The summed E-state index contributed by atoms with van der Waals surface area (Å²) in [7, 11) is 0. The zero-order chi connectivity index (χ0) is 11.6. The van der Waals surface area contributed by atoms with Crippen LogP contribution < -0.4 is 5.43 Å². The lowest BCUT2D eigenvalue weighted by molar-refractivity contribution is -0.159. The SMILES string of the molecule is CCCCN1NC(=O)CC2(CCCC2)C1=O. The zero-order valence-electron chi connectivity index (χ0n) is 9.92. The Labute approximate surface area is 96.3 Å². The average Bonchev–Trinajstić information content (AvgIpc) is 2.71. The molecule has 1 saturated carbocycles. The number of hydrazine groups is 1. The van der Waals surface area contributed by atoms with Gasteiger partial charge in [-0.3, -0.25) is 20.0 Å². The number of hydrogen-bond donors (Lipinski definition) is 1. The fourth-order valence-electron chi connectivity index (χ4n) is 2.83. The Bertz CT molecular complexity index is 295. The molecule has 90 valence electrons. The van der Waals surface area contributed by atoms with E-state index < -0.39 is 0 Å². The third-order valence-electron chi connectivity index (χ3n) is 3.75. The summed E-state index contributed by atoms with van der Waals surface area (Å²) in [6, 6.07) is 0. The molecular weight excluding hydrogens is 204 g/mol. The largest absolute Gasteiger partial charge is 0.273 e. The maximum Gasteiger partial charge on any atom is 0.247 e. The van der Waals surface area contributed by atoms with Gasteiger partial charge in [0.05, 0.1) is 5.41 Å². The van der Waals surface area contributed by atoms with Crippen LogP contribution in [0.2, 0.25) is 0 Å². The molecule has 2 rings (SSSR count). The molecule has 4 heteroatoms. The second-order valence-corrected chi connectivity index (χ2v) is 5.01. The highest BCUT2D eigenvalue weighted by molar-refractivity contribution is 5.94. The summed E-state index contributed by atoms with van der Waals surface area (Å²) in [4.78, 5) is 24.0. The first-order valence-electron chi connectivity index (χ1n) is 6.29. The number of rotatable bonds is 3. The van der Waals surface area contributed by atoms with Crippen LogP contribution in [0.4, 0.5) is 0 Å². The number of amides is 2. The fraction of sp³-hybridized carbons (Fsp3) is 0.833. The maximum absolute atomic E-state index is 12.3. The molecule has 0 radical (unpaired) electrons. The van der Waals surface area contributed by atoms with Crippen LogP contribution in [-0.2, 0) is 9.59 Å². The third kappa shape index (κ3) is 1.93. The van der Waals surface area contributed by atoms with E-state index >= 15 is 0 Å². The van der Waals surface area contributed by atoms with Gasteiger partial charge >= 0.3 is 0 Å². The lowest BCUT2D eigenvalue weighted by atomic mass is 9.80. The van der Waals surface area contributed by atoms with E-state index in [1.807, 2.05) is 0 Å². The van der Waals surface area contributed by atoms with Crippen molar-refractivity contribution in [3.63, 3.8) is 0 Å². The van der Waals surface area contributed by atoms with Gasteiger partial charge in [-0.05, 0) is 19.3 Å². The second kappa shape index (κ2) is 4.44. The fourth-order valence-corrected chi connectivity index (χ4v) is 2.83. The molecule has 0 aromatic rings. The van der Waals surface area contributed by atoms with Crippen LogP contribution in [-0.4, -0.2) is 23.4 Å². The number of nitrogens with zero attached hydrogens (tertiary/aromatic N) is 1. The van der Waals surface area contributed by atoms with Crippen molar-refractivity contribution in [3.05, 3.63) is 0 Å². The van der Waals surface area contributed by atoms with Crippen molar-refractivity contribution in [2.75, 3.05) is 6.54 Å². The molecule has 1 aliphatic heterocycles. The van der Waals surface area contributed by atoms with Gasteiger partial charge < -0.3 is 0 Å². The molecule has 0 aromatic carbocycles. The molecule has 4 nitrogen and oxygen atoms in total. The summed E-state index contributed by atoms with van der Waals surface area (Å²) >= 11 is 0. The van der Waals surface area contributed by atoms with Crippen LogP contribution in [0, 0.1) is 5.41 Å². The lowest BCUT2D eigenvalue weighted by Crippen LogP contribution is -2.58. The van der Waals surface area contributed by atoms with Crippen molar-refractivity contribution in [2.24, 2.45) is 5.41 Å². The molecule has 16 heavy (non-hydrogen) atoms. The Balaban J connectivity index is 2.09. The summed E-state index contributed by atoms with van der Waals surface area (Å²) in [5, 5.41) is 1.56. The average molecular weight is 224 g/mol. The summed E-state index contributed by atoms with van der Waals surface area (Å²) in [6.07, 6.45) is 6.33. The topological polar surface area (TPSA) is 49.4 Å². The Hall–Kier alpha value is -1.06. The smallest absolute Gasteiger partial charge is 0.247 e. The molecular formula is C12H20N2O2. The molecule has 2 amide bonds. The number of nitrogens with one attached hydrogen (secondary N) is 1. The molecule has 2 aliphatic rings. The van der Waals surface area contributed by atoms with E-state index in [-0.39, 0.29) is 17.2 Å². The van der Waals surface area contributed by atoms with E-state index in [0.717, 1.165) is 38.5 Å². The Kier molecular flexibility index (Phi) is 3.17. The summed E-state index contributed by atoms with van der Waals surface area (Å²) < 4.78 is 0. The van der Waals surface area contributed by atoms with Gasteiger partial charge in [0, 0.05) is 13.0 Å². The van der Waals surface area contributed by atoms with E-state index in [1.54, 1.807) is 5.01 Å². The molecule has 0 atom stereocenters. The van der Waals surface area contributed by atoms with Gasteiger partial charge in [0.2, 0.25) is 11.8 Å². The van der Waals surface area contributed by atoms with Crippen molar-refractivity contribution in [2.45, 2.75) is 51.9 Å². The molecule has 1 aliphatic carbocycles. The van der Waals surface area contributed by atoms with Gasteiger partial charge in [-0.15, -0.1) is 0 Å². The predicted octanol–water partition coefficient (Wildman–Crippen LogP) is 1.61. The van der Waals surface area contributed by atoms with Crippen LogP contribution in [0.3, 0.4) is 0 Å². The zero-order valence-corrected chi connectivity index (χ0v) is 9.92. The Morgan fingerprint density at radius 1 is 1.31 bits per heavy atom. The number of hydrogen-bond acceptors (Lipinski definition) is 2. The molecule has 0 aromatic heterocycles. The monoisotopic (exact) mass is 224 g/mol. The van der Waals surface area contributed by atoms with Crippen LogP contribution in [0.1, 0.15) is 51.9 Å². The molecule has 2 fully saturated rings. The number of carbonyl (C=O) groups excluding carboxylic acids is 2. The molecule has 1 spiro atoms. The van der Waals surface area contributed by atoms with E-state index in [1.165, 1.54) is 0 Å². The van der Waals surface area contributed by atoms with Gasteiger partial charge in [-0.1, -0.05) is 26.2 Å². The van der Waals surface area contributed by atoms with Crippen molar-refractivity contribution < 1.29 is 9.59 Å². The highest BCUT2D eigenvalue weighted by Gasteiger charge is 2.48. The van der Waals surface area contributed by atoms with E-state index in [0.29, 0.717) is 13.0 Å². The summed E-state index contributed by atoms with van der Waals surface area (Å²) in [5.41, 5.74) is 2.35. The molecule has 0 unspecified atom stereocenters. The summed E-state index contributed by atoms with van der Waals surface area (Å²) in [6.45, 7) is 2.74. The highest BCUT2D eigenvalue weighted by atomic mass is 16.2. The first-order valence-corrected chi connectivity index (χ1v) is 6.29. The quantitative estimate of drug-likeness (QED) is 0.791. The number of carbonyl (C=O) groups is 2. The summed E-state index contributed by atoms with van der Waals surface area (Å²) in [5.74, 6) is 0.163. The minimum atomic E-state index is -0.351. The molecule has 0 bridgehead atoms. The predicted molar refractivity (Wildman–Crippen MR) is 60.3 cm³/mol. The van der Waals surface area contributed by atoms with Crippen LogP contribution in [0.15, 0.2) is 0 Å². The van der Waals surface area contributed by atoms with Crippen molar-refractivity contribution in [1.29, 1.82) is 0 Å². The minimum absolute atomic E-state index is 0.0117. The van der Waals surface area contributed by atoms with Gasteiger partial charge in [0.15, 0.2) is 0 Å². The van der Waals surface area contributed by atoms with Crippen LogP contribution in [0.25, 0.3) is 0 Å². The molecule has 1 heterocycles. The van der Waals surface area contributed by atoms with Crippen LogP contribution in [0.5, 0.6) is 0 Å². The van der Waals surface area contributed by atoms with E-state index in [9.17, 15) is 9.59 Å². The molecule has 1 saturated heterocycles. The van der Waals surface area contributed by atoms with Crippen LogP contribution >= 0.6 is 0 Å². The van der Waals surface area contributed by atoms with Crippen molar-refractivity contribution in [1.82, 2.24) is 10.4 Å². The second-order valence-electron chi connectivity index (χ2n) is 5.01. The number of unbranched alkanes of at least 4 members (excludes halogenated alkanes) is 1. The normalized spacial score (nSPS) is 23.9. The maximum atomic E-state index is 12.3. The highest BCUT2D eigenvalue weighted by Crippen LogP contribution is 2.43. The standard InChI is InChI=1S/C12H20N2O2/c1-2-3-8-14-11(16)12(6-4-5-7-12)9-10(15)13-14/h2-9H2,1H3,(H,13,15). The van der Waals surface area contributed by atoms with Gasteiger partial charge in [0.1, 0.15) is 0 Å². The Morgan fingerprint density at radius 2 is 2.00 bits per heavy atom. The first-order chi connectivity index (χ1) is 7.68. The van der Waals surface area contributed by atoms with Crippen molar-refractivity contribution in [3.8, 4) is 0 Å². The van der Waals surface area contributed by atoms with Gasteiger partial charge in [-0.25, -0.2) is 0 Å². The van der Waals surface area contributed by atoms with E-state index in [4.69, 9.17) is 0 Å². The van der Waals surface area contributed by atoms with Gasteiger partial charge in [-0.2, -0.15) is 0 Å². The molecule has 1 N–H and O–H groups in total. The van der Waals surface area contributed by atoms with Crippen molar-refractivity contribution >= 4 is 11.8 Å². The van der Waals surface area contributed by atoms with Gasteiger partial charge in [0.25, 0.3) is 0 Å². The Morgan fingerprint density at radius 3 is 2.62 bits per heavy atom. The first kappa shape index (κ1) is 11.4. The lowest BCUT2D eigenvalue weighted by Gasteiger charge is -2.38. The van der Waals surface area contributed by atoms with E-state index in [2.05, 4.69) is 12.3 Å². The third-order valence-corrected chi connectivity index (χ3v) is 3.75.